The molecule has 0 aromatic carbocycles. The van der Waals surface area contributed by atoms with Crippen LogP contribution in [0.25, 0.3) is 0 Å². The van der Waals surface area contributed by atoms with Gasteiger partial charge in [-0.25, -0.2) is 0 Å². The maximum absolute atomic E-state index is 3.47. The maximum Gasteiger partial charge on any atom is 3.00 e. The van der Waals surface area contributed by atoms with E-state index in [4.69, 9.17) is 0 Å². The molecule has 0 aliphatic rings. The van der Waals surface area contributed by atoms with Crippen molar-refractivity contribution in [2.75, 3.05) is 0 Å². The molecule has 0 bridgehead atoms. The van der Waals surface area contributed by atoms with Crippen molar-refractivity contribution in [3.63, 3.8) is 0 Å². The predicted molar refractivity (Wildman–Crippen MR) is 17.6 cm³/mol. The van der Waals surface area contributed by atoms with Gasteiger partial charge < -0.3 is 10.2 Å². The van der Waals surface area contributed by atoms with Crippen molar-refractivity contribution in [2.24, 2.45) is 0 Å². The van der Waals surface area contributed by atoms with Crippen LogP contribution < -0.4 is 5.10 Å². The van der Waals surface area contributed by atoms with Gasteiger partial charge in [0.1, 0.15) is 0 Å². The Morgan fingerprint density at radius 2 is 2.33 bits per heavy atom. The van der Waals surface area contributed by atoms with Crippen molar-refractivity contribution in [3.8, 4) is 0 Å². The molecule has 0 fully saturated rings. The van der Waals surface area contributed by atoms with Crippen LogP contribution in [0.3, 0.4) is 0 Å². The fraction of sp³-hybridized carbons (Fsp3) is 0. The quantitative estimate of drug-likeness (QED) is 0.530. The van der Waals surface area contributed by atoms with Crippen molar-refractivity contribution < 1.29 is 32.7 Å². The van der Waals surface area contributed by atoms with E-state index in [1.165, 1.54) is 0 Å². The molecular weight excluding hydrogens is 153 g/mol. The van der Waals surface area contributed by atoms with Crippen LogP contribution in [0.5, 0.6) is 0 Å². The van der Waals surface area contributed by atoms with Gasteiger partial charge in [0, 0.05) is 6.20 Å². The largest absolute Gasteiger partial charge is 3.00 e. The number of rotatable bonds is 0. The molecule has 1 aromatic heterocycles. The first-order valence-electron chi connectivity index (χ1n) is 1.38. The van der Waals surface area contributed by atoms with Crippen LogP contribution >= 0.6 is 0 Å². The third-order valence-electron chi connectivity index (χ3n) is 0.372. The van der Waals surface area contributed by atoms with Gasteiger partial charge in [-0.1, -0.05) is 6.07 Å². The molecule has 0 saturated heterocycles. The van der Waals surface area contributed by atoms with Crippen molar-refractivity contribution in [3.05, 3.63) is 18.5 Å². The summed E-state index contributed by atoms with van der Waals surface area (Å²) in [4.78, 5) is 0. The molecule has 2 nitrogen and oxygen atoms in total. The van der Waals surface area contributed by atoms with E-state index >= 15 is 0 Å². The zero-order chi connectivity index (χ0) is 3.54. The summed E-state index contributed by atoms with van der Waals surface area (Å²) < 4.78 is 0. The molecule has 1 rings (SSSR count). The Morgan fingerprint density at radius 1 is 1.50 bits per heavy atom. The van der Waals surface area contributed by atoms with Crippen LogP contribution in [0.4, 0.5) is 0 Å². The molecule has 0 spiro atoms. The van der Waals surface area contributed by atoms with Gasteiger partial charge in [0.2, 0.25) is 0 Å². The van der Waals surface area contributed by atoms with Gasteiger partial charge in [-0.2, -0.15) is 6.20 Å². The Morgan fingerprint density at radius 3 is 2.50 bits per heavy atom. The number of hydrogen-bond acceptors (Lipinski definition) is 1. The first-order chi connectivity index (χ1) is 2.50. The van der Waals surface area contributed by atoms with Gasteiger partial charge in [-0.05, 0) is 0 Å². The minimum Gasteiger partial charge on any atom is -0.582 e. The molecule has 0 radical (unpaired) electrons. The van der Waals surface area contributed by atoms with E-state index in [2.05, 4.69) is 10.2 Å². The molecule has 0 saturated carbocycles. The average Bonchev–Trinajstić information content (AvgIpc) is 1.76. The Balaban J connectivity index is 0.000000250. The number of nitrogens with zero attached hydrogens (tertiary/aromatic N) is 2. The van der Waals surface area contributed by atoms with Crippen molar-refractivity contribution in [1.82, 2.24) is 10.2 Å². The fourth-order valence-corrected chi connectivity index (χ4v) is 0.192. The molecule has 0 amide bonds. The van der Waals surface area contributed by atoms with E-state index < -0.39 is 0 Å². The van der Waals surface area contributed by atoms with Crippen molar-refractivity contribution in [2.45, 2.75) is 0 Å². The normalized spacial score (nSPS) is 6.67. The van der Waals surface area contributed by atoms with Crippen LogP contribution in [0, 0.1) is 0 Å². The van der Waals surface area contributed by atoms with E-state index in [1.54, 1.807) is 18.5 Å². The Kier molecular flexibility index (Phi) is 3.69. The van der Waals surface area contributed by atoms with Gasteiger partial charge in [-0.15, -0.1) is 0 Å². The van der Waals surface area contributed by atoms with Crippen LogP contribution in [0.1, 0.15) is 0 Å². The summed E-state index contributed by atoms with van der Waals surface area (Å²) in [6, 6.07) is 1.78. The van der Waals surface area contributed by atoms with E-state index in [0.29, 0.717) is 0 Å². The average molecular weight is 156 g/mol. The molecule has 0 unspecified atom stereocenters. The molecule has 1 aromatic rings. The summed E-state index contributed by atoms with van der Waals surface area (Å²) in [5.74, 6) is 0. The van der Waals surface area contributed by atoms with Crippen molar-refractivity contribution in [1.29, 1.82) is 0 Å². The van der Waals surface area contributed by atoms with E-state index in [9.17, 15) is 0 Å². The summed E-state index contributed by atoms with van der Waals surface area (Å²) in [7, 11) is 0. The topological polar surface area (TPSA) is 27.0 Å². The molecule has 0 atom stereocenters. The summed E-state index contributed by atoms with van der Waals surface area (Å²) in [5.41, 5.74) is 0. The minimum atomic E-state index is 0. The Bertz CT molecular complexity index is 65.3. The smallest absolute Gasteiger partial charge is 0.582 e. The molecule has 0 aliphatic heterocycles. The van der Waals surface area contributed by atoms with Crippen LogP contribution in [-0.4, -0.2) is 5.10 Å². The molecule has 26 valence electrons. The second kappa shape index (κ2) is 3.50. The number of hydrogen-bond donors (Lipinski definition) is 0. The molecule has 1 heterocycles. The molecule has 0 aliphatic carbocycles. The molecule has 0 N–H and O–H groups in total. The monoisotopic (exact) mass is 156 g/mol. The standard InChI is InChI=1S/C3H3N2.Y/c1-2-4-5-3-1;/h1-3H;/q-1;+3. The van der Waals surface area contributed by atoms with E-state index in [0.717, 1.165) is 0 Å². The summed E-state index contributed by atoms with van der Waals surface area (Å²) in [5, 5.41) is 6.94. The zero-order valence-corrected chi connectivity index (χ0v) is 6.04. The van der Waals surface area contributed by atoms with E-state index in [1.807, 2.05) is 0 Å². The Labute approximate surface area is 61.2 Å². The van der Waals surface area contributed by atoms with Gasteiger partial charge in [0.05, 0.1) is 0 Å². The zero-order valence-electron chi connectivity index (χ0n) is 3.20. The summed E-state index contributed by atoms with van der Waals surface area (Å²) in [6.45, 7) is 0. The first kappa shape index (κ1) is 6.31. The predicted octanol–water partition coefficient (Wildman–Crippen LogP) is 0.0363. The second-order valence-electron chi connectivity index (χ2n) is 0.722. The third kappa shape index (κ3) is 1.68. The first-order valence-corrected chi connectivity index (χ1v) is 1.38. The number of aromatic nitrogens is 2. The van der Waals surface area contributed by atoms with Gasteiger partial charge in [-0.3, -0.25) is 0 Å². The van der Waals surface area contributed by atoms with Crippen LogP contribution in [0.2, 0.25) is 0 Å². The van der Waals surface area contributed by atoms with Crippen LogP contribution in [-0.2, 0) is 32.7 Å². The molecular formula is C3H3N2Y+2. The van der Waals surface area contributed by atoms with Crippen LogP contribution in [0.15, 0.2) is 18.5 Å². The summed E-state index contributed by atoms with van der Waals surface area (Å²) >= 11 is 0. The third-order valence-corrected chi connectivity index (χ3v) is 0.372. The minimum absolute atomic E-state index is 0. The van der Waals surface area contributed by atoms with Gasteiger partial charge in [0.25, 0.3) is 0 Å². The van der Waals surface area contributed by atoms with Gasteiger partial charge in [0.15, 0.2) is 0 Å². The maximum atomic E-state index is 3.47. The van der Waals surface area contributed by atoms with Gasteiger partial charge >= 0.3 is 32.7 Å². The molecule has 6 heavy (non-hydrogen) atoms. The van der Waals surface area contributed by atoms with Crippen molar-refractivity contribution >= 4 is 0 Å². The summed E-state index contributed by atoms with van der Waals surface area (Å²) in [6.07, 6.45) is 3.28. The Hall–Kier alpha value is 0.314. The van der Waals surface area contributed by atoms with E-state index in [-0.39, 0.29) is 32.7 Å². The fourth-order valence-electron chi connectivity index (χ4n) is 0.192. The SMILES string of the molecule is [Y+3].c1cn[n-]c1. The second-order valence-corrected chi connectivity index (χ2v) is 0.722. The molecule has 3 heteroatoms.